The minimum Gasteiger partial charge on any atom is -0.390 e. The predicted molar refractivity (Wildman–Crippen MR) is 147 cm³/mol. The molecule has 0 radical (unpaired) electrons. The molecular weight excluding hydrogens is 500 g/mol. The first kappa shape index (κ1) is 27.0. The maximum absolute atomic E-state index is 14.9. The summed E-state index contributed by atoms with van der Waals surface area (Å²) in [4.78, 5) is 19.8. The Labute approximate surface area is 227 Å². The summed E-state index contributed by atoms with van der Waals surface area (Å²) in [6.07, 6.45) is 1.73. The molecule has 0 spiro atoms. The number of aliphatic hydroxyl groups excluding tert-OH is 1. The second-order valence-corrected chi connectivity index (χ2v) is 10.7. The van der Waals surface area contributed by atoms with Crippen LogP contribution in [0.5, 0.6) is 0 Å². The van der Waals surface area contributed by atoms with E-state index in [2.05, 4.69) is 12.2 Å². The van der Waals surface area contributed by atoms with Gasteiger partial charge in [-0.2, -0.15) is 0 Å². The molecule has 0 aliphatic heterocycles. The van der Waals surface area contributed by atoms with Crippen molar-refractivity contribution in [3.05, 3.63) is 89.0 Å². The van der Waals surface area contributed by atoms with Crippen LogP contribution in [0, 0.1) is 11.6 Å². The molecule has 0 saturated heterocycles. The molecule has 5 rings (SSSR count). The largest absolute Gasteiger partial charge is 0.390 e. The van der Waals surface area contributed by atoms with Crippen LogP contribution in [0.4, 0.5) is 14.5 Å². The highest BCUT2D eigenvalue weighted by Gasteiger charge is 2.38. The standard InChI is InChI=1S/C31H33F2N3O3/c1-19(36(3)14-15-39-31(2)12-13-31)34-22-10-8-21-17-28(37)29(25(21)18-22)35-30(38)24-11-9-20(16-27(24)33)23-6-4-5-7-26(23)32/h4-11,16,18,28-29,37H,12-15,17H2,1-3H3,(H,35,38)/t28-,29-/m1/s1. The first-order valence-corrected chi connectivity index (χ1v) is 13.2. The third kappa shape index (κ3) is 6.02. The number of rotatable bonds is 8. The van der Waals surface area contributed by atoms with Crippen molar-refractivity contribution in [1.29, 1.82) is 0 Å². The van der Waals surface area contributed by atoms with Gasteiger partial charge in [-0.15, -0.1) is 0 Å². The van der Waals surface area contributed by atoms with Crippen LogP contribution in [0.1, 0.15) is 54.2 Å². The molecule has 0 heterocycles. The molecule has 0 unspecified atom stereocenters. The summed E-state index contributed by atoms with van der Waals surface area (Å²) < 4.78 is 35.0. The number of fused-ring (bicyclic) bond motifs is 1. The highest BCUT2D eigenvalue weighted by atomic mass is 19.1. The fourth-order valence-electron chi connectivity index (χ4n) is 4.82. The van der Waals surface area contributed by atoms with Gasteiger partial charge in [-0.3, -0.25) is 4.79 Å². The van der Waals surface area contributed by atoms with Crippen molar-refractivity contribution < 1.29 is 23.4 Å². The average molecular weight is 534 g/mol. The Hall–Kier alpha value is -3.62. The van der Waals surface area contributed by atoms with E-state index in [1.807, 2.05) is 37.1 Å². The second-order valence-electron chi connectivity index (χ2n) is 10.7. The molecule has 2 N–H and O–H groups in total. The van der Waals surface area contributed by atoms with E-state index in [4.69, 9.17) is 9.73 Å². The van der Waals surface area contributed by atoms with Crippen molar-refractivity contribution in [2.75, 3.05) is 20.2 Å². The zero-order chi connectivity index (χ0) is 27.7. The molecule has 0 bridgehead atoms. The maximum atomic E-state index is 14.9. The quantitative estimate of drug-likeness (QED) is 0.293. The molecule has 0 aromatic heterocycles. The SMILES string of the molecule is CC(=Nc1ccc2c(c1)[C@@H](NC(=O)c1ccc(-c3ccccc3F)cc1F)[C@H](O)C2)N(C)CCOC1(C)CC1. The van der Waals surface area contributed by atoms with Gasteiger partial charge in [0, 0.05) is 25.6 Å². The minimum atomic E-state index is -0.853. The normalized spacial score (nSPS) is 19.5. The summed E-state index contributed by atoms with van der Waals surface area (Å²) in [5, 5.41) is 13.5. The van der Waals surface area contributed by atoms with Crippen molar-refractivity contribution >= 4 is 17.4 Å². The van der Waals surface area contributed by atoms with Gasteiger partial charge < -0.3 is 20.1 Å². The zero-order valence-corrected chi connectivity index (χ0v) is 22.4. The van der Waals surface area contributed by atoms with E-state index in [1.54, 1.807) is 18.2 Å². The molecule has 2 atom stereocenters. The van der Waals surface area contributed by atoms with E-state index in [9.17, 15) is 18.7 Å². The van der Waals surface area contributed by atoms with Crippen LogP contribution in [-0.2, 0) is 11.2 Å². The van der Waals surface area contributed by atoms with Gasteiger partial charge >= 0.3 is 0 Å². The monoisotopic (exact) mass is 533 g/mol. The number of aliphatic imine (C=N–C) groups is 1. The number of carbonyl (C=O) groups excluding carboxylic acids is 1. The zero-order valence-electron chi connectivity index (χ0n) is 22.4. The number of ether oxygens (including phenoxy) is 1. The number of halogens is 2. The number of hydrogen-bond acceptors (Lipinski definition) is 4. The fraction of sp³-hybridized carbons (Fsp3) is 0.355. The third-order valence-corrected chi connectivity index (χ3v) is 7.64. The summed E-state index contributed by atoms with van der Waals surface area (Å²) in [5.74, 6) is -1.08. The Morgan fingerprint density at radius 1 is 1.13 bits per heavy atom. The number of carbonyl (C=O) groups is 1. The lowest BCUT2D eigenvalue weighted by Crippen LogP contribution is -2.34. The average Bonchev–Trinajstić information content (AvgIpc) is 3.56. The number of nitrogens with one attached hydrogen (secondary N) is 1. The highest BCUT2D eigenvalue weighted by molar-refractivity contribution is 5.95. The van der Waals surface area contributed by atoms with Gasteiger partial charge in [0.1, 0.15) is 17.5 Å². The van der Waals surface area contributed by atoms with Crippen LogP contribution >= 0.6 is 0 Å². The molecule has 1 amide bonds. The van der Waals surface area contributed by atoms with Crippen LogP contribution in [-0.4, -0.2) is 53.7 Å². The van der Waals surface area contributed by atoms with E-state index in [1.165, 1.54) is 18.2 Å². The molecule has 2 aliphatic rings. The van der Waals surface area contributed by atoms with Crippen LogP contribution in [0.15, 0.2) is 65.7 Å². The van der Waals surface area contributed by atoms with E-state index < -0.39 is 29.7 Å². The van der Waals surface area contributed by atoms with E-state index in [0.717, 1.165) is 35.9 Å². The molecule has 3 aromatic rings. The molecule has 6 nitrogen and oxygen atoms in total. The minimum absolute atomic E-state index is 0.0386. The smallest absolute Gasteiger partial charge is 0.254 e. The summed E-state index contributed by atoms with van der Waals surface area (Å²) in [6.45, 7) is 5.39. The number of benzene rings is 3. The molecule has 2 aliphatic carbocycles. The maximum Gasteiger partial charge on any atom is 0.254 e. The van der Waals surface area contributed by atoms with Crippen LogP contribution < -0.4 is 5.32 Å². The Balaban J connectivity index is 1.29. The van der Waals surface area contributed by atoms with Crippen molar-refractivity contribution in [2.45, 2.75) is 50.9 Å². The van der Waals surface area contributed by atoms with Crippen LogP contribution in [0.2, 0.25) is 0 Å². The molecule has 8 heteroatoms. The van der Waals surface area contributed by atoms with Crippen molar-refractivity contribution in [3.8, 4) is 11.1 Å². The molecule has 204 valence electrons. The first-order valence-electron chi connectivity index (χ1n) is 13.2. The van der Waals surface area contributed by atoms with Gasteiger partial charge in [0.15, 0.2) is 0 Å². The third-order valence-electron chi connectivity index (χ3n) is 7.64. The molecular formula is C31H33F2N3O3. The number of nitrogens with zero attached hydrogens (tertiary/aromatic N) is 2. The van der Waals surface area contributed by atoms with Crippen LogP contribution in [0.25, 0.3) is 11.1 Å². The molecule has 39 heavy (non-hydrogen) atoms. The fourth-order valence-corrected chi connectivity index (χ4v) is 4.82. The van der Waals surface area contributed by atoms with Gasteiger partial charge in [-0.25, -0.2) is 13.8 Å². The van der Waals surface area contributed by atoms with Gasteiger partial charge in [0.05, 0.1) is 35.6 Å². The summed E-state index contributed by atoms with van der Waals surface area (Å²) >= 11 is 0. The Kier molecular flexibility index (Phi) is 7.51. The molecule has 3 aromatic carbocycles. The van der Waals surface area contributed by atoms with E-state index in [-0.39, 0.29) is 16.7 Å². The summed E-state index contributed by atoms with van der Waals surface area (Å²) in [7, 11) is 1.96. The molecule has 1 fully saturated rings. The van der Waals surface area contributed by atoms with Gasteiger partial charge in [-0.1, -0.05) is 30.3 Å². The lowest BCUT2D eigenvalue weighted by Gasteiger charge is -2.21. The van der Waals surface area contributed by atoms with Crippen molar-refractivity contribution in [1.82, 2.24) is 10.2 Å². The number of amides is 1. The highest BCUT2D eigenvalue weighted by Crippen LogP contribution is 2.38. The Bertz CT molecular complexity index is 1420. The van der Waals surface area contributed by atoms with E-state index in [0.29, 0.717) is 30.8 Å². The van der Waals surface area contributed by atoms with E-state index >= 15 is 0 Å². The number of hydrogen-bond donors (Lipinski definition) is 2. The predicted octanol–water partition coefficient (Wildman–Crippen LogP) is 5.57. The molecule has 1 saturated carbocycles. The lowest BCUT2D eigenvalue weighted by molar-refractivity contribution is 0.0414. The second kappa shape index (κ2) is 10.9. The van der Waals surface area contributed by atoms with Gasteiger partial charge in [-0.05, 0) is 73.7 Å². The number of aliphatic hydroxyl groups is 1. The first-order chi connectivity index (χ1) is 18.6. The summed E-state index contributed by atoms with van der Waals surface area (Å²) in [6, 6.07) is 15.0. The van der Waals surface area contributed by atoms with Gasteiger partial charge in [0.2, 0.25) is 0 Å². The Morgan fingerprint density at radius 2 is 1.90 bits per heavy atom. The van der Waals surface area contributed by atoms with Gasteiger partial charge in [0.25, 0.3) is 5.91 Å². The summed E-state index contributed by atoms with van der Waals surface area (Å²) in [5.41, 5.74) is 2.80. The van der Waals surface area contributed by atoms with Crippen molar-refractivity contribution in [2.24, 2.45) is 4.99 Å². The topological polar surface area (TPSA) is 74.2 Å². The number of amidine groups is 1. The number of likely N-dealkylation sites (N-methyl/N-ethyl adjacent to an activating group) is 1. The van der Waals surface area contributed by atoms with Crippen LogP contribution in [0.3, 0.4) is 0 Å². The van der Waals surface area contributed by atoms with Crippen molar-refractivity contribution in [3.63, 3.8) is 0 Å². The Morgan fingerprint density at radius 3 is 2.62 bits per heavy atom. The lowest BCUT2D eigenvalue weighted by atomic mass is 10.0.